The average Bonchev–Trinajstić information content (AvgIpc) is 3.05. The van der Waals surface area contributed by atoms with E-state index in [1.165, 1.54) is 0 Å². The molecule has 0 heterocycles. The van der Waals surface area contributed by atoms with Gasteiger partial charge in [0.15, 0.2) is 0 Å². The van der Waals surface area contributed by atoms with Gasteiger partial charge in [0, 0.05) is 42.9 Å². The third-order valence-corrected chi connectivity index (χ3v) is 6.29. The number of allylic oxidation sites excluding steroid dienone is 2. The van der Waals surface area contributed by atoms with E-state index in [0.717, 1.165) is 25.7 Å². The zero-order valence-electron chi connectivity index (χ0n) is 17.1. The number of rotatable bonds is 13. The van der Waals surface area contributed by atoms with Crippen LogP contribution in [-0.4, -0.2) is 41.7 Å². The van der Waals surface area contributed by atoms with Gasteiger partial charge in [-0.1, -0.05) is 42.0 Å². The molecular weight excluding hydrogens is 442 g/mol. The maximum absolute atomic E-state index is 10.5. The van der Waals surface area contributed by atoms with Gasteiger partial charge in [-0.2, -0.15) is 0 Å². The first-order chi connectivity index (χ1) is 14.6. The summed E-state index contributed by atoms with van der Waals surface area (Å²) in [6, 6.07) is 7.25. The Kier molecular flexibility index (Phi) is 12.5. The molecule has 1 aromatic rings. The molecule has 168 valence electrons. The molecule has 7 atom stereocenters. The van der Waals surface area contributed by atoms with Crippen LogP contribution in [0.2, 0.25) is 5.02 Å². The maximum Gasteiger partial charge on any atom is 0.120 e. The normalized spacial score (nSPS) is 25.4. The Balaban J connectivity index is 1.94. The van der Waals surface area contributed by atoms with Crippen molar-refractivity contribution >= 4 is 30.5 Å². The average molecular weight is 475 g/mol. The lowest BCUT2D eigenvalue weighted by molar-refractivity contribution is 0.124. The fourth-order valence-electron chi connectivity index (χ4n) is 3.70. The van der Waals surface area contributed by atoms with E-state index in [-0.39, 0.29) is 30.7 Å². The van der Waals surface area contributed by atoms with Crippen LogP contribution in [-0.2, 0) is 9.05 Å². The first-order valence-electron chi connectivity index (χ1n) is 10.3. The molecule has 0 aliphatic heterocycles. The molecule has 1 aliphatic carbocycles. The van der Waals surface area contributed by atoms with E-state index < -0.39 is 6.10 Å². The summed E-state index contributed by atoms with van der Waals surface area (Å²) < 4.78 is 16.8. The van der Waals surface area contributed by atoms with Crippen LogP contribution < -0.4 is 4.74 Å². The van der Waals surface area contributed by atoms with E-state index in [1.807, 2.05) is 18.2 Å². The van der Waals surface area contributed by atoms with Crippen LogP contribution in [0.4, 0.5) is 0 Å². The van der Waals surface area contributed by atoms with E-state index in [2.05, 4.69) is 37.2 Å². The standard InChI is InChI=1S/C22H33ClO5P2/c23-16-7-6-8-17(13-16)26-15-18(27-29)10-11-20-19(21(25)14-22(20)28-30)9-4-2-1-3-5-12-24/h2,4,6-8,10-11,13,18-22,24-25H,1,3,5,9,12,14-15,29-30H2/b4-2-,11-10+/t18?,19-,20-,21?,22?/m1/s1. The lowest BCUT2D eigenvalue weighted by Crippen LogP contribution is -2.22. The topological polar surface area (TPSA) is 68.2 Å². The molecule has 0 bridgehead atoms. The molecule has 0 amide bonds. The highest BCUT2D eigenvalue weighted by Gasteiger charge is 2.40. The Morgan fingerprint density at radius 1 is 1.23 bits per heavy atom. The van der Waals surface area contributed by atoms with Gasteiger partial charge in [0.25, 0.3) is 0 Å². The number of aliphatic hydroxyl groups is 2. The predicted octanol–water partition coefficient (Wildman–Crippen LogP) is 4.73. The lowest BCUT2D eigenvalue weighted by atomic mass is 9.89. The second-order valence-electron chi connectivity index (χ2n) is 7.47. The molecule has 0 radical (unpaired) electrons. The minimum atomic E-state index is -0.412. The summed E-state index contributed by atoms with van der Waals surface area (Å²) in [4.78, 5) is 0. The van der Waals surface area contributed by atoms with Crippen molar-refractivity contribution in [3.63, 3.8) is 0 Å². The van der Waals surface area contributed by atoms with Crippen molar-refractivity contribution in [2.24, 2.45) is 11.8 Å². The molecule has 2 N–H and O–H groups in total. The zero-order chi connectivity index (χ0) is 21.8. The molecule has 0 spiro atoms. The van der Waals surface area contributed by atoms with Crippen molar-refractivity contribution in [1.29, 1.82) is 0 Å². The highest BCUT2D eigenvalue weighted by atomic mass is 35.5. The summed E-state index contributed by atoms with van der Waals surface area (Å²) in [6.45, 7) is 0.576. The second kappa shape index (κ2) is 14.5. The summed E-state index contributed by atoms with van der Waals surface area (Å²) >= 11 is 5.99. The van der Waals surface area contributed by atoms with Gasteiger partial charge >= 0.3 is 0 Å². The fraction of sp³-hybridized carbons (Fsp3) is 0.545. The molecule has 8 heteroatoms. The Hall–Kier alpha value is -0.510. The minimum absolute atomic E-state index is 0.0620. The van der Waals surface area contributed by atoms with Gasteiger partial charge in [0.1, 0.15) is 18.5 Å². The van der Waals surface area contributed by atoms with Crippen LogP contribution in [0.25, 0.3) is 0 Å². The van der Waals surface area contributed by atoms with Crippen molar-refractivity contribution in [3.05, 3.63) is 53.6 Å². The summed E-state index contributed by atoms with van der Waals surface area (Å²) in [5.74, 6) is 0.850. The van der Waals surface area contributed by atoms with Gasteiger partial charge in [-0.15, -0.1) is 0 Å². The molecule has 1 fully saturated rings. The summed E-state index contributed by atoms with van der Waals surface area (Å²) in [5.41, 5.74) is 0. The van der Waals surface area contributed by atoms with Crippen molar-refractivity contribution in [2.45, 2.75) is 50.4 Å². The van der Waals surface area contributed by atoms with Crippen LogP contribution in [0.3, 0.4) is 0 Å². The number of unbranched alkanes of at least 4 members (excludes halogenated alkanes) is 2. The third kappa shape index (κ3) is 8.55. The van der Waals surface area contributed by atoms with E-state index >= 15 is 0 Å². The first kappa shape index (κ1) is 25.7. The van der Waals surface area contributed by atoms with E-state index in [0.29, 0.717) is 23.8 Å². The molecular formula is C22H33ClO5P2. The van der Waals surface area contributed by atoms with Gasteiger partial charge in [-0.25, -0.2) is 0 Å². The fourth-order valence-corrected chi connectivity index (χ4v) is 4.34. The van der Waals surface area contributed by atoms with Crippen LogP contribution >= 0.6 is 30.5 Å². The monoisotopic (exact) mass is 474 g/mol. The Labute approximate surface area is 189 Å². The van der Waals surface area contributed by atoms with Crippen molar-refractivity contribution < 1.29 is 24.0 Å². The number of aliphatic hydroxyl groups excluding tert-OH is 2. The number of halogens is 1. The Morgan fingerprint density at radius 2 is 2.07 bits per heavy atom. The number of hydrogen-bond acceptors (Lipinski definition) is 5. The van der Waals surface area contributed by atoms with Crippen LogP contribution in [0.5, 0.6) is 5.75 Å². The summed E-state index contributed by atoms with van der Waals surface area (Å²) in [7, 11) is 4.61. The van der Waals surface area contributed by atoms with Crippen LogP contribution in [0.15, 0.2) is 48.6 Å². The Bertz CT molecular complexity index is 673. The van der Waals surface area contributed by atoms with Crippen molar-refractivity contribution in [3.8, 4) is 5.75 Å². The van der Waals surface area contributed by atoms with Crippen LogP contribution in [0, 0.1) is 11.8 Å². The van der Waals surface area contributed by atoms with E-state index in [1.54, 1.807) is 12.1 Å². The number of hydrogen-bond donors (Lipinski definition) is 2. The summed E-state index contributed by atoms with van der Waals surface area (Å²) in [5, 5.41) is 20.0. The maximum atomic E-state index is 10.5. The molecule has 5 unspecified atom stereocenters. The first-order valence-corrected chi connectivity index (χ1v) is 11.6. The third-order valence-electron chi connectivity index (χ3n) is 5.35. The van der Waals surface area contributed by atoms with Gasteiger partial charge in [-0.05, 0) is 49.8 Å². The van der Waals surface area contributed by atoms with Gasteiger partial charge < -0.3 is 24.0 Å². The summed E-state index contributed by atoms with van der Waals surface area (Å²) in [6.07, 6.45) is 11.7. The molecule has 30 heavy (non-hydrogen) atoms. The van der Waals surface area contributed by atoms with Gasteiger partial charge in [0.05, 0.1) is 12.2 Å². The largest absolute Gasteiger partial charge is 0.490 e. The highest BCUT2D eigenvalue weighted by molar-refractivity contribution is 7.10. The molecule has 0 aromatic heterocycles. The van der Waals surface area contributed by atoms with Crippen molar-refractivity contribution in [1.82, 2.24) is 0 Å². The van der Waals surface area contributed by atoms with E-state index in [9.17, 15) is 5.11 Å². The number of ether oxygens (including phenoxy) is 1. The molecule has 0 saturated heterocycles. The van der Waals surface area contributed by atoms with Crippen molar-refractivity contribution in [2.75, 3.05) is 13.2 Å². The number of benzene rings is 1. The highest BCUT2D eigenvalue weighted by Crippen LogP contribution is 2.39. The zero-order valence-corrected chi connectivity index (χ0v) is 20.2. The van der Waals surface area contributed by atoms with E-state index in [4.69, 9.17) is 30.5 Å². The Morgan fingerprint density at radius 3 is 2.77 bits per heavy atom. The molecule has 1 saturated carbocycles. The van der Waals surface area contributed by atoms with Gasteiger partial charge in [-0.3, -0.25) is 0 Å². The molecule has 2 rings (SSSR count). The molecule has 5 nitrogen and oxygen atoms in total. The SMILES string of the molecule is OCCCC/C=C\C[C@H]1C(O)CC(OP)[C@@H]1/C=C/C(COc1cccc(Cl)c1)OP. The lowest BCUT2D eigenvalue weighted by Gasteiger charge is -2.21. The van der Waals surface area contributed by atoms with Crippen LogP contribution in [0.1, 0.15) is 32.1 Å². The van der Waals surface area contributed by atoms with Gasteiger partial charge in [0.2, 0.25) is 0 Å². The smallest absolute Gasteiger partial charge is 0.120 e. The molecule has 1 aliphatic rings. The minimum Gasteiger partial charge on any atom is -0.490 e. The predicted molar refractivity (Wildman–Crippen MR) is 128 cm³/mol. The second-order valence-corrected chi connectivity index (χ2v) is 8.45. The molecule has 1 aromatic carbocycles. The quantitative estimate of drug-likeness (QED) is 0.246.